The normalized spacial score (nSPS) is 17.3. The van der Waals surface area contributed by atoms with Crippen LogP contribution in [-0.2, 0) is 0 Å². The third kappa shape index (κ3) is 2.26. The van der Waals surface area contributed by atoms with Gasteiger partial charge in [-0.05, 0) is 18.2 Å². The first-order valence-corrected chi connectivity index (χ1v) is 4.35. The Bertz CT molecular complexity index is 364. The number of hydrogen-bond donors (Lipinski definition) is 1. The van der Waals surface area contributed by atoms with Crippen LogP contribution in [0.4, 0.5) is 5.69 Å². The molecule has 1 aromatic heterocycles. The lowest BCUT2D eigenvalue weighted by molar-refractivity contribution is 1.24. The predicted molar refractivity (Wildman–Crippen MR) is 57.8 cm³/mol. The molecule has 0 saturated heterocycles. The third-order valence-corrected chi connectivity index (χ3v) is 1.70. The summed E-state index contributed by atoms with van der Waals surface area (Å²) in [6.07, 6.45) is 9.07. The summed E-state index contributed by atoms with van der Waals surface area (Å²) in [5.74, 6) is 0. The summed E-state index contributed by atoms with van der Waals surface area (Å²) in [4.78, 5) is 8.04. The molecule has 0 amide bonds. The summed E-state index contributed by atoms with van der Waals surface area (Å²) in [6, 6.07) is 3.76. The largest absolute Gasteiger partial charge is 0.287 e. The molecule has 1 aliphatic heterocycles. The van der Waals surface area contributed by atoms with Crippen LogP contribution in [0.5, 0.6) is 0 Å². The molecule has 2 rings (SSSR count). The highest BCUT2D eigenvalue weighted by molar-refractivity contribution is 6.36. The standard InChI is InChI=1S/C10H10N4/c1-3-9(7-11-5-1)13-14-10-4-2-6-12-8-10/h1-5,7-8,13H,6H2. The van der Waals surface area contributed by atoms with E-state index < -0.39 is 0 Å². The van der Waals surface area contributed by atoms with E-state index in [1.165, 1.54) is 0 Å². The van der Waals surface area contributed by atoms with Gasteiger partial charge in [-0.3, -0.25) is 15.4 Å². The Kier molecular flexibility index (Phi) is 2.66. The van der Waals surface area contributed by atoms with Crippen LogP contribution in [0.3, 0.4) is 0 Å². The summed E-state index contributed by atoms with van der Waals surface area (Å²) in [5.41, 5.74) is 4.58. The number of hydrazone groups is 1. The lowest BCUT2D eigenvalue weighted by Gasteiger charge is -2.01. The fourth-order valence-corrected chi connectivity index (χ4v) is 1.05. The Labute approximate surface area is 82.1 Å². The van der Waals surface area contributed by atoms with Crippen LogP contribution in [0.2, 0.25) is 0 Å². The fourth-order valence-electron chi connectivity index (χ4n) is 1.05. The summed E-state index contributed by atoms with van der Waals surface area (Å²) < 4.78 is 0. The van der Waals surface area contributed by atoms with Crippen LogP contribution in [-0.4, -0.2) is 23.5 Å². The van der Waals surface area contributed by atoms with E-state index in [1.807, 2.05) is 24.3 Å². The first kappa shape index (κ1) is 8.62. The van der Waals surface area contributed by atoms with Gasteiger partial charge in [-0.1, -0.05) is 6.08 Å². The molecule has 0 fully saturated rings. The summed E-state index contributed by atoms with van der Waals surface area (Å²) in [7, 11) is 0. The van der Waals surface area contributed by atoms with Gasteiger partial charge in [0.1, 0.15) is 5.71 Å². The monoisotopic (exact) mass is 186 g/mol. The molecule has 0 unspecified atom stereocenters. The van der Waals surface area contributed by atoms with Gasteiger partial charge < -0.3 is 0 Å². The van der Waals surface area contributed by atoms with Crippen molar-refractivity contribution in [3.05, 3.63) is 36.7 Å². The number of aromatic nitrogens is 1. The lowest BCUT2D eigenvalue weighted by Crippen LogP contribution is -2.04. The van der Waals surface area contributed by atoms with Crippen LogP contribution in [0, 0.1) is 0 Å². The molecular formula is C10H10N4. The molecule has 0 aliphatic carbocycles. The number of aliphatic imine (C=N–C) groups is 1. The van der Waals surface area contributed by atoms with Crippen LogP contribution >= 0.6 is 0 Å². The zero-order valence-corrected chi connectivity index (χ0v) is 7.59. The molecule has 0 atom stereocenters. The number of allylic oxidation sites excluding steroid dienone is 1. The van der Waals surface area contributed by atoms with Crippen molar-refractivity contribution in [1.82, 2.24) is 4.98 Å². The number of pyridine rings is 1. The molecule has 1 aromatic rings. The number of hydrogen-bond acceptors (Lipinski definition) is 4. The van der Waals surface area contributed by atoms with Crippen LogP contribution in [0.1, 0.15) is 0 Å². The molecule has 1 N–H and O–H groups in total. The number of nitrogens with zero attached hydrogens (tertiary/aromatic N) is 3. The average Bonchev–Trinajstić information content (AvgIpc) is 2.29. The zero-order chi connectivity index (χ0) is 9.64. The molecule has 14 heavy (non-hydrogen) atoms. The molecule has 0 saturated carbocycles. The van der Waals surface area contributed by atoms with Gasteiger partial charge in [0.15, 0.2) is 0 Å². The van der Waals surface area contributed by atoms with Crippen molar-refractivity contribution >= 4 is 17.6 Å². The maximum Gasteiger partial charge on any atom is 0.101 e. The maximum absolute atomic E-state index is 4.14. The van der Waals surface area contributed by atoms with Gasteiger partial charge in [0.2, 0.25) is 0 Å². The second kappa shape index (κ2) is 4.32. The number of anilines is 1. The van der Waals surface area contributed by atoms with Gasteiger partial charge in [-0.2, -0.15) is 5.10 Å². The number of nitrogens with one attached hydrogen (secondary N) is 1. The van der Waals surface area contributed by atoms with Gasteiger partial charge in [0.05, 0.1) is 18.4 Å². The minimum atomic E-state index is 0.742. The summed E-state index contributed by atoms with van der Waals surface area (Å²) in [5, 5.41) is 4.14. The van der Waals surface area contributed by atoms with Crippen molar-refractivity contribution in [2.75, 3.05) is 12.0 Å². The molecule has 0 radical (unpaired) electrons. The molecule has 1 aliphatic rings. The van der Waals surface area contributed by atoms with E-state index in [-0.39, 0.29) is 0 Å². The molecule has 0 spiro atoms. The van der Waals surface area contributed by atoms with E-state index in [0.29, 0.717) is 0 Å². The Hall–Kier alpha value is -1.97. The second-order valence-electron chi connectivity index (χ2n) is 2.79. The van der Waals surface area contributed by atoms with Gasteiger partial charge >= 0.3 is 0 Å². The smallest absolute Gasteiger partial charge is 0.101 e. The van der Waals surface area contributed by atoms with Gasteiger partial charge in [-0.15, -0.1) is 0 Å². The highest BCUT2D eigenvalue weighted by Crippen LogP contribution is 2.02. The van der Waals surface area contributed by atoms with Crippen molar-refractivity contribution < 1.29 is 0 Å². The van der Waals surface area contributed by atoms with Gasteiger partial charge in [-0.25, -0.2) is 0 Å². The average molecular weight is 186 g/mol. The topological polar surface area (TPSA) is 49.6 Å². The van der Waals surface area contributed by atoms with E-state index in [0.717, 1.165) is 17.9 Å². The fraction of sp³-hybridized carbons (Fsp3) is 0.100. The quantitative estimate of drug-likeness (QED) is 0.711. The Morgan fingerprint density at radius 3 is 3.14 bits per heavy atom. The molecule has 4 heteroatoms. The molecule has 70 valence electrons. The first-order chi connectivity index (χ1) is 6.95. The summed E-state index contributed by atoms with van der Waals surface area (Å²) >= 11 is 0. The van der Waals surface area contributed by atoms with Crippen LogP contribution < -0.4 is 5.43 Å². The van der Waals surface area contributed by atoms with E-state index in [4.69, 9.17) is 0 Å². The number of dihydropyridines is 1. The Morgan fingerprint density at radius 2 is 2.43 bits per heavy atom. The molecule has 0 aromatic carbocycles. The van der Waals surface area contributed by atoms with Crippen LogP contribution in [0.15, 0.2) is 46.8 Å². The zero-order valence-electron chi connectivity index (χ0n) is 7.59. The van der Waals surface area contributed by atoms with Crippen LogP contribution in [0.25, 0.3) is 0 Å². The molecular weight excluding hydrogens is 176 g/mol. The molecule has 0 bridgehead atoms. The SMILES string of the molecule is C1=CC(=NNc2cccnc2)C=NC1. The highest BCUT2D eigenvalue weighted by Gasteiger charge is 1.93. The maximum atomic E-state index is 4.14. The van der Waals surface area contributed by atoms with Crippen molar-refractivity contribution in [2.45, 2.75) is 0 Å². The Morgan fingerprint density at radius 1 is 1.43 bits per heavy atom. The minimum absolute atomic E-state index is 0.742. The number of rotatable bonds is 2. The van der Waals surface area contributed by atoms with E-state index in [1.54, 1.807) is 18.6 Å². The van der Waals surface area contributed by atoms with Crippen molar-refractivity contribution in [3.63, 3.8) is 0 Å². The molecule has 4 nitrogen and oxygen atoms in total. The van der Waals surface area contributed by atoms with E-state index in [2.05, 4.69) is 20.5 Å². The van der Waals surface area contributed by atoms with E-state index in [9.17, 15) is 0 Å². The van der Waals surface area contributed by atoms with Crippen molar-refractivity contribution in [1.29, 1.82) is 0 Å². The highest BCUT2D eigenvalue weighted by atomic mass is 15.3. The van der Waals surface area contributed by atoms with Gasteiger partial charge in [0.25, 0.3) is 0 Å². The lowest BCUT2D eigenvalue weighted by atomic mass is 10.3. The minimum Gasteiger partial charge on any atom is -0.287 e. The second-order valence-corrected chi connectivity index (χ2v) is 2.79. The van der Waals surface area contributed by atoms with Crippen molar-refractivity contribution in [3.8, 4) is 0 Å². The van der Waals surface area contributed by atoms with E-state index >= 15 is 0 Å². The van der Waals surface area contributed by atoms with Crippen molar-refractivity contribution in [2.24, 2.45) is 10.1 Å². The Balaban J connectivity index is 2.03. The third-order valence-electron chi connectivity index (χ3n) is 1.70. The van der Waals surface area contributed by atoms with Gasteiger partial charge in [0, 0.05) is 12.4 Å². The summed E-state index contributed by atoms with van der Waals surface area (Å²) in [6.45, 7) is 0.742. The molecule has 2 heterocycles. The predicted octanol–water partition coefficient (Wildman–Crippen LogP) is 1.49. The first-order valence-electron chi connectivity index (χ1n) is 4.35.